The van der Waals surface area contributed by atoms with E-state index in [9.17, 15) is 0 Å². The molecule has 1 saturated carbocycles. The fourth-order valence-corrected chi connectivity index (χ4v) is 3.25. The normalized spacial score (nSPS) is 16.7. The van der Waals surface area contributed by atoms with Crippen molar-refractivity contribution < 1.29 is 4.52 Å². The van der Waals surface area contributed by atoms with E-state index >= 15 is 0 Å². The molecule has 1 aliphatic rings. The van der Waals surface area contributed by atoms with Gasteiger partial charge >= 0.3 is 0 Å². The zero-order chi connectivity index (χ0) is 14.5. The lowest BCUT2D eigenvalue weighted by Crippen LogP contribution is -2.25. The van der Waals surface area contributed by atoms with Crippen molar-refractivity contribution in [3.05, 3.63) is 47.6 Å². The van der Waals surface area contributed by atoms with Crippen LogP contribution in [0.2, 0.25) is 0 Å². The van der Waals surface area contributed by atoms with Gasteiger partial charge in [0, 0.05) is 12.8 Å². The lowest BCUT2D eigenvalue weighted by atomic mass is 9.78. The van der Waals surface area contributed by atoms with Gasteiger partial charge in [0.05, 0.1) is 11.5 Å². The molecule has 0 aliphatic heterocycles. The lowest BCUT2D eigenvalue weighted by molar-refractivity contribution is 0.358. The SMILES string of the molecule is N#CCCCc1nc(C2(c3ccccc3)CCCC2)no1. The Morgan fingerprint density at radius 3 is 2.67 bits per heavy atom. The second-order valence-corrected chi connectivity index (χ2v) is 5.68. The summed E-state index contributed by atoms with van der Waals surface area (Å²) in [7, 11) is 0. The molecule has 3 rings (SSSR count). The molecule has 0 amide bonds. The summed E-state index contributed by atoms with van der Waals surface area (Å²) >= 11 is 0. The molecule has 21 heavy (non-hydrogen) atoms. The van der Waals surface area contributed by atoms with Gasteiger partial charge in [-0.05, 0) is 24.8 Å². The fraction of sp³-hybridized carbons (Fsp3) is 0.471. The number of nitriles is 1. The van der Waals surface area contributed by atoms with Crippen LogP contribution in [0.4, 0.5) is 0 Å². The van der Waals surface area contributed by atoms with Crippen LogP contribution >= 0.6 is 0 Å². The number of hydrogen-bond acceptors (Lipinski definition) is 4. The highest BCUT2D eigenvalue weighted by molar-refractivity contribution is 5.33. The third-order valence-corrected chi connectivity index (χ3v) is 4.36. The van der Waals surface area contributed by atoms with Gasteiger partial charge in [0.2, 0.25) is 5.89 Å². The van der Waals surface area contributed by atoms with Crippen LogP contribution in [0, 0.1) is 11.3 Å². The number of rotatable bonds is 5. The molecule has 0 atom stereocenters. The van der Waals surface area contributed by atoms with E-state index in [-0.39, 0.29) is 5.41 Å². The van der Waals surface area contributed by atoms with Crippen molar-refractivity contribution in [1.82, 2.24) is 10.1 Å². The molecule has 1 fully saturated rings. The van der Waals surface area contributed by atoms with E-state index < -0.39 is 0 Å². The maximum Gasteiger partial charge on any atom is 0.226 e. The Labute approximate surface area is 124 Å². The molecular formula is C17H19N3O. The Balaban J connectivity index is 1.87. The van der Waals surface area contributed by atoms with Crippen LogP contribution < -0.4 is 0 Å². The number of nitrogens with zero attached hydrogens (tertiary/aromatic N) is 3. The minimum atomic E-state index is -0.0851. The van der Waals surface area contributed by atoms with Crippen LogP contribution in [0.1, 0.15) is 55.8 Å². The quantitative estimate of drug-likeness (QED) is 0.782. The van der Waals surface area contributed by atoms with E-state index in [0.29, 0.717) is 18.7 Å². The molecule has 1 aromatic heterocycles. The summed E-state index contributed by atoms with van der Waals surface area (Å²) in [6, 6.07) is 12.7. The van der Waals surface area contributed by atoms with Crippen molar-refractivity contribution >= 4 is 0 Å². The maximum atomic E-state index is 8.60. The van der Waals surface area contributed by atoms with E-state index in [1.54, 1.807) is 0 Å². The molecule has 2 aromatic rings. The van der Waals surface area contributed by atoms with Crippen LogP contribution in [-0.2, 0) is 11.8 Å². The van der Waals surface area contributed by atoms with Gasteiger partial charge in [-0.15, -0.1) is 0 Å². The minimum Gasteiger partial charge on any atom is -0.339 e. The molecule has 1 heterocycles. The van der Waals surface area contributed by atoms with Crippen LogP contribution in [-0.4, -0.2) is 10.1 Å². The second-order valence-electron chi connectivity index (χ2n) is 5.68. The van der Waals surface area contributed by atoms with E-state index in [1.807, 2.05) is 6.07 Å². The predicted octanol–water partition coefficient (Wildman–Crippen LogP) is 3.78. The molecule has 0 N–H and O–H groups in total. The fourth-order valence-electron chi connectivity index (χ4n) is 3.25. The van der Waals surface area contributed by atoms with Crippen molar-refractivity contribution in [2.24, 2.45) is 0 Å². The first-order valence-corrected chi connectivity index (χ1v) is 7.61. The molecule has 0 saturated heterocycles. The molecule has 108 valence electrons. The average Bonchev–Trinajstić information content (AvgIpc) is 3.18. The van der Waals surface area contributed by atoms with Gasteiger partial charge in [-0.2, -0.15) is 10.2 Å². The summed E-state index contributed by atoms with van der Waals surface area (Å²) in [6.45, 7) is 0. The van der Waals surface area contributed by atoms with E-state index in [4.69, 9.17) is 9.78 Å². The third-order valence-electron chi connectivity index (χ3n) is 4.36. The Bertz CT molecular complexity index is 621. The number of aryl methyl sites for hydroxylation is 1. The molecule has 0 radical (unpaired) electrons. The Morgan fingerprint density at radius 1 is 1.19 bits per heavy atom. The lowest BCUT2D eigenvalue weighted by Gasteiger charge is -2.25. The largest absolute Gasteiger partial charge is 0.339 e. The van der Waals surface area contributed by atoms with E-state index in [2.05, 4.69) is 40.5 Å². The van der Waals surface area contributed by atoms with Crippen molar-refractivity contribution in [2.75, 3.05) is 0 Å². The summed E-state index contributed by atoms with van der Waals surface area (Å²) in [5.74, 6) is 1.47. The van der Waals surface area contributed by atoms with Crippen molar-refractivity contribution in [1.29, 1.82) is 5.26 Å². The van der Waals surface area contributed by atoms with Crippen molar-refractivity contribution in [2.45, 2.75) is 50.4 Å². The van der Waals surface area contributed by atoms with Crippen LogP contribution in [0.25, 0.3) is 0 Å². The predicted molar refractivity (Wildman–Crippen MR) is 78.5 cm³/mol. The standard InChI is InChI=1S/C17H19N3O/c18-13-7-4-10-15-19-16(20-21-15)17(11-5-6-12-17)14-8-2-1-3-9-14/h1-3,8-9H,4-7,10-12H2. The highest BCUT2D eigenvalue weighted by atomic mass is 16.5. The zero-order valence-electron chi connectivity index (χ0n) is 12.1. The number of hydrogen-bond donors (Lipinski definition) is 0. The molecule has 4 nitrogen and oxygen atoms in total. The first kappa shape index (κ1) is 13.8. The highest BCUT2D eigenvalue weighted by Crippen LogP contribution is 2.45. The molecule has 0 spiro atoms. The number of aromatic nitrogens is 2. The summed E-state index contributed by atoms with van der Waals surface area (Å²) in [5.41, 5.74) is 1.20. The van der Waals surface area contributed by atoms with Crippen molar-refractivity contribution in [3.8, 4) is 6.07 Å². The van der Waals surface area contributed by atoms with E-state index in [1.165, 1.54) is 18.4 Å². The topological polar surface area (TPSA) is 62.7 Å². The molecule has 0 unspecified atom stereocenters. The van der Waals surface area contributed by atoms with Gasteiger partial charge in [0.15, 0.2) is 5.82 Å². The Hall–Kier alpha value is -2.15. The van der Waals surface area contributed by atoms with Gasteiger partial charge in [0.25, 0.3) is 0 Å². The Morgan fingerprint density at radius 2 is 1.95 bits per heavy atom. The second kappa shape index (κ2) is 6.09. The van der Waals surface area contributed by atoms with Crippen LogP contribution in [0.5, 0.6) is 0 Å². The minimum absolute atomic E-state index is 0.0851. The van der Waals surface area contributed by atoms with Gasteiger partial charge in [-0.1, -0.05) is 48.3 Å². The first-order chi connectivity index (χ1) is 10.3. The summed E-state index contributed by atoms with van der Waals surface area (Å²) in [6.07, 6.45) is 6.55. The van der Waals surface area contributed by atoms with E-state index in [0.717, 1.165) is 25.1 Å². The molecule has 0 bridgehead atoms. The van der Waals surface area contributed by atoms with Crippen LogP contribution in [0.3, 0.4) is 0 Å². The van der Waals surface area contributed by atoms with Gasteiger partial charge in [0.1, 0.15) is 0 Å². The van der Waals surface area contributed by atoms with Gasteiger partial charge < -0.3 is 4.52 Å². The molecule has 4 heteroatoms. The average molecular weight is 281 g/mol. The molecular weight excluding hydrogens is 262 g/mol. The molecule has 1 aliphatic carbocycles. The smallest absolute Gasteiger partial charge is 0.226 e. The number of unbranched alkanes of at least 4 members (excludes halogenated alkanes) is 1. The summed E-state index contributed by atoms with van der Waals surface area (Å²) < 4.78 is 5.40. The third kappa shape index (κ3) is 2.69. The Kier molecular flexibility index (Phi) is 4.01. The van der Waals surface area contributed by atoms with Gasteiger partial charge in [-0.3, -0.25) is 0 Å². The summed E-state index contributed by atoms with van der Waals surface area (Å²) in [5, 5.41) is 12.9. The number of benzene rings is 1. The zero-order valence-corrected chi connectivity index (χ0v) is 12.1. The summed E-state index contributed by atoms with van der Waals surface area (Å²) in [4.78, 5) is 4.63. The highest BCUT2D eigenvalue weighted by Gasteiger charge is 2.41. The van der Waals surface area contributed by atoms with Crippen LogP contribution in [0.15, 0.2) is 34.9 Å². The monoisotopic (exact) mass is 281 g/mol. The van der Waals surface area contributed by atoms with Gasteiger partial charge in [-0.25, -0.2) is 0 Å². The van der Waals surface area contributed by atoms with Crippen molar-refractivity contribution in [3.63, 3.8) is 0 Å². The maximum absolute atomic E-state index is 8.60. The first-order valence-electron chi connectivity index (χ1n) is 7.61. The molecule has 1 aromatic carbocycles.